The van der Waals surface area contributed by atoms with Gasteiger partial charge in [0.2, 0.25) is 0 Å². The molecule has 6 heteroatoms. The van der Waals surface area contributed by atoms with Gasteiger partial charge in [-0.25, -0.2) is 0 Å². The molecule has 0 aromatic heterocycles. The van der Waals surface area contributed by atoms with Gasteiger partial charge in [0.15, 0.2) is 11.6 Å². The van der Waals surface area contributed by atoms with Crippen LogP contribution in [0.4, 0.5) is 0 Å². The van der Waals surface area contributed by atoms with Crippen molar-refractivity contribution in [3.05, 3.63) is 46.6 Å². The Morgan fingerprint density at radius 1 is 1.11 bits per heavy atom. The number of Topliss-reactive ketones (excluding diaryl/α,β-unsaturated/α-hetero) is 1. The third kappa shape index (κ3) is 5.81. The number of fused-ring (bicyclic) bond motifs is 1. The number of phenolic OH excluding ortho intramolecular Hbond substituents is 2. The van der Waals surface area contributed by atoms with E-state index in [4.69, 9.17) is 5.11 Å². The van der Waals surface area contributed by atoms with Crippen LogP contribution >= 0.6 is 0 Å². The molecule has 0 fully saturated rings. The number of rotatable bonds is 5. The molecule has 2 rings (SSSR count). The lowest BCUT2D eigenvalue weighted by atomic mass is 9.86. The molecule has 3 N–H and O–H groups in total. The molecular formula is C21H26O6. The molecule has 1 atom stereocenters. The van der Waals surface area contributed by atoms with E-state index in [1.165, 1.54) is 18.2 Å². The van der Waals surface area contributed by atoms with Gasteiger partial charge >= 0.3 is 5.97 Å². The average Bonchev–Trinajstić information content (AvgIpc) is 2.60. The first-order valence-electron chi connectivity index (χ1n) is 8.80. The fraction of sp³-hybridized carbons (Fsp3) is 0.381. The topological polar surface area (TPSA) is 112 Å². The number of aliphatic carboxylic acids is 1. The molecule has 146 valence electrons. The summed E-state index contributed by atoms with van der Waals surface area (Å²) in [5.74, 6) is -2.28. The second kappa shape index (κ2) is 9.71. The number of allylic oxidation sites excluding steroid dienone is 4. The maximum absolute atomic E-state index is 12.3. The number of hydrogen-bond donors (Lipinski definition) is 3. The highest BCUT2D eigenvalue weighted by molar-refractivity contribution is 6.26. The molecule has 0 radical (unpaired) electrons. The molecule has 0 spiro atoms. The van der Waals surface area contributed by atoms with Crippen LogP contribution in [0, 0.1) is 5.92 Å². The predicted molar refractivity (Wildman–Crippen MR) is 102 cm³/mol. The van der Waals surface area contributed by atoms with Crippen LogP contribution in [0.5, 0.6) is 11.5 Å². The molecule has 0 bridgehead atoms. The van der Waals surface area contributed by atoms with Gasteiger partial charge in [-0.2, -0.15) is 0 Å². The highest BCUT2D eigenvalue weighted by Gasteiger charge is 2.30. The van der Waals surface area contributed by atoms with Crippen molar-refractivity contribution >= 4 is 17.5 Å². The summed E-state index contributed by atoms with van der Waals surface area (Å²) >= 11 is 0. The quantitative estimate of drug-likeness (QED) is 0.524. The van der Waals surface area contributed by atoms with Gasteiger partial charge in [0.1, 0.15) is 11.5 Å². The van der Waals surface area contributed by atoms with E-state index >= 15 is 0 Å². The van der Waals surface area contributed by atoms with Crippen LogP contribution < -0.4 is 0 Å². The molecule has 1 aromatic carbocycles. The van der Waals surface area contributed by atoms with Crippen molar-refractivity contribution in [2.24, 2.45) is 5.92 Å². The summed E-state index contributed by atoms with van der Waals surface area (Å²) < 4.78 is 0. The van der Waals surface area contributed by atoms with Crippen LogP contribution in [0.15, 0.2) is 35.4 Å². The second-order valence-corrected chi connectivity index (χ2v) is 6.68. The van der Waals surface area contributed by atoms with E-state index in [0.717, 1.165) is 12.0 Å². The molecule has 6 nitrogen and oxygen atoms in total. The number of carboxylic acids is 1. The van der Waals surface area contributed by atoms with Gasteiger partial charge in [-0.1, -0.05) is 25.5 Å². The number of phenols is 2. The van der Waals surface area contributed by atoms with E-state index in [1.54, 1.807) is 6.92 Å². The summed E-state index contributed by atoms with van der Waals surface area (Å²) in [7, 11) is 0. The Morgan fingerprint density at radius 3 is 2.11 bits per heavy atom. The average molecular weight is 374 g/mol. The van der Waals surface area contributed by atoms with Gasteiger partial charge in [0, 0.05) is 5.57 Å². The molecule has 0 saturated carbocycles. The standard InChI is InChI=1S/C16H16O4.C5H10O2/c1-9(2)4-3-5-10-8-13(19)14-11(17)6-7-12(18)15(14)16(10)20;1-3-4(2)5(6)7/h4,6-8,17-18H,3,5H2,1-2H3;4H,3H2,1-2H3,(H,6,7). The van der Waals surface area contributed by atoms with Crippen molar-refractivity contribution < 1.29 is 29.7 Å². The molecule has 1 aliphatic rings. The van der Waals surface area contributed by atoms with Gasteiger partial charge < -0.3 is 15.3 Å². The molecule has 1 aliphatic carbocycles. The number of ketones is 2. The predicted octanol–water partition coefficient (Wildman–Crippen LogP) is 4.27. The fourth-order valence-corrected chi connectivity index (χ4v) is 2.39. The first kappa shape index (κ1) is 22.2. The monoisotopic (exact) mass is 374 g/mol. The highest BCUT2D eigenvalue weighted by Crippen LogP contribution is 2.35. The van der Waals surface area contributed by atoms with E-state index < -0.39 is 17.5 Å². The minimum atomic E-state index is -0.706. The summed E-state index contributed by atoms with van der Waals surface area (Å²) in [6.07, 6.45) is 5.04. The third-order valence-corrected chi connectivity index (χ3v) is 4.23. The van der Waals surface area contributed by atoms with Crippen LogP contribution in [-0.2, 0) is 4.79 Å². The van der Waals surface area contributed by atoms with Gasteiger partial charge in [0.05, 0.1) is 17.0 Å². The van der Waals surface area contributed by atoms with Gasteiger partial charge in [0.25, 0.3) is 0 Å². The summed E-state index contributed by atoms with van der Waals surface area (Å²) in [6.45, 7) is 7.48. The van der Waals surface area contributed by atoms with Gasteiger partial charge in [-0.05, 0) is 51.3 Å². The third-order valence-electron chi connectivity index (χ3n) is 4.23. The van der Waals surface area contributed by atoms with E-state index in [9.17, 15) is 24.6 Å². The first-order chi connectivity index (χ1) is 12.6. The SMILES string of the molecule is CC(C)=CCCC1=CC(=O)c2c(O)ccc(O)c2C1=O.CCC(C)C(=O)O. The highest BCUT2D eigenvalue weighted by atomic mass is 16.4. The van der Waals surface area contributed by atoms with Gasteiger partial charge in [-0.15, -0.1) is 0 Å². The number of hydrogen-bond acceptors (Lipinski definition) is 5. The number of carbonyl (C=O) groups is 3. The van der Waals surface area contributed by atoms with Crippen molar-refractivity contribution in [1.82, 2.24) is 0 Å². The summed E-state index contributed by atoms with van der Waals surface area (Å²) in [4.78, 5) is 34.2. The largest absolute Gasteiger partial charge is 0.507 e. The normalized spacial score (nSPS) is 13.7. The number of aromatic hydroxyl groups is 2. The molecule has 1 aromatic rings. The molecule has 1 unspecified atom stereocenters. The molecular weight excluding hydrogens is 348 g/mol. The van der Waals surface area contributed by atoms with Crippen LogP contribution in [0.2, 0.25) is 0 Å². The van der Waals surface area contributed by atoms with Crippen molar-refractivity contribution in [3.8, 4) is 11.5 Å². The second-order valence-electron chi connectivity index (χ2n) is 6.68. The molecule has 27 heavy (non-hydrogen) atoms. The lowest BCUT2D eigenvalue weighted by molar-refractivity contribution is -0.141. The Balaban J connectivity index is 0.000000445. The van der Waals surface area contributed by atoms with E-state index in [-0.39, 0.29) is 28.5 Å². The molecule has 0 aliphatic heterocycles. The van der Waals surface area contributed by atoms with Crippen LogP contribution in [0.3, 0.4) is 0 Å². The maximum atomic E-state index is 12.3. The maximum Gasteiger partial charge on any atom is 0.306 e. The summed E-state index contributed by atoms with van der Waals surface area (Å²) in [6, 6.07) is 2.43. The zero-order chi connectivity index (χ0) is 20.7. The van der Waals surface area contributed by atoms with Crippen molar-refractivity contribution in [3.63, 3.8) is 0 Å². The van der Waals surface area contributed by atoms with Crippen LogP contribution in [-0.4, -0.2) is 32.9 Å². The fourth-order valence-electron chi connectivity index (χ4n) is 2.39. The Labute approximate surface area is 158 Å². The number of benzene rings is 1. The molecule has 0 heterocycles. The first-order valence-corrected chi connectivity index (χ1v) is 8.80. The Morgan fingerprint density at radius 2 is 1.67 bits per heavy atom. The Hall–Kier alpha value is -2.89. The van der Waals surface area contributed by atoms with Crippen molar-refractivity contribution in [2.75, 3.05) is 0 Å². The van der Waals surface area contributed by atoms with Crippen molar-refractivity contribution in [1.29, 1.82) is 0 Å². The number of carbonyl (C=O) groups excluding carboxylic acids is 2. The summed E-state index contributed by atoms with van der Waals surface area (Å²) in [5.41, 5.74) is 1.30. The molecule has 0 saturated heterocycles. The Kier molecular flexibility index (Phi) is 7.97. The lowest BCUT2D eigenvalue weighted by Gasteiger charge is -2.16. The number of carboxylic acid groups (broad SMARTS) is 1. The summed E-state index contributed by atoms with van der Waals surface area (Å²) in [5, 5.41) is 27.6. The minimum Gasteiger partial charge on any atom is -0.507 e. The van der Waals surface area contributed by atoms with E-state index in [1.807, 2.05) is 26.8 Å². The molecule has 0 amide bonds. The Bertz CT molecular complexity index is 797. The van der Waals surface area contributed by atoms with Crippen LogP contribution in [0.25, 0.3) is 0 Å². The zero-order valence-electron chi connectivity index (χ0n) is 16.1. The van der Waals surface area contributed by atoms with Gasteiger partial charge in [-0.3, -0.25) is 14.4 Å². The zero-order valence-corrected chi connectivity index (χ0v) is 16.1. The minimum absolute atomic E-state index is 0.0929. The smallest absolute Gasteiger partial charge is 0.306 e. The van der Waals surface area contributed by atoms with Crippen molar-refractivity contribution in [2.45, 2.75) is 47.0 Å². The van der Waals surface area contributed by atoms with E-state index in [2.05, 4.69) is 0 Å². The van der Waals surface area contributed by atoms with E-state index in [0.29, 0.717) is 18.4 Å². The lowest BCUT2D eigenvalue weighted by Crippen LogP contribution is -2.17. The van der Waals surface area contributed by atoms with Crippen LogP contribution in [0.1, 0.15) is 67.7 Å².